The summed E-state index contributed by atoms with van der Waals surface area (Å²) in [7, 11) is 0. The molecule has 0 N–H and O–H groups in total. The number of hydrogen-bond acceptors (Lipinski definition) is 0. The van der Waals surface area contributed by atoms with E-state index in [1.807, 2.05) is 0 Å². The molecule has 0 unspecified atom stereocenters. The van der Waals surface area contributed by atoms with Crippen LogP contribution in [0.4, 0.5) is 0 Å². The van der Waals surface area contributed by atoms with E-state index in [1.165, 1.54) is 93.2 Å². The van der Waals surface area contributed by atoms with Crippen LogP contribution in [0.25, 0.3) is 93.2 Å². The van der Waals surface area contributed by atoms with E-state index < -0.39 is 0 Å². The second-order valence-corrected chi connectivity index (χ2v) is 13.0. The minimum Gasteiger partial charge on any atom is -0.309 e. The highest BCUT2D eigenvalue weighted by molar-refractivity contribution is 6.21. The molecule has 1 nitrogen and oxygen atoms in total. The Morgan fingerprint density at radius 3 is 1.51 bits per heavy atom. The maximum atomic E-state index is 2.41. The quantitative estimate of drug-likeness (QED) is 0.184. The number of nitrogens with zero attached hydrogens (tertiary/aromatic N) is 1. The van der Waals surface area contributed by atoms with Gasteiger partial charge >= 0.3 is 0 Å². The number of benzene rings is 9. The maximum Gasteiger partial charge on any atom is 0.0547 e. The summed E-state index contributed by atoms with van der Waals surface area (Å²) >= 11 is 0. The van der Waals surface area contributed by atoms with Crippen LogP contribution in [0, 0.1) is 0 Å². The smallest absolute Gasteiger partial charge is 0.0547 e. The number of fused-ring (bicyclic) bond motifs is 7. The first-order valence-electron chi connectivity index (χ1n) is 16.9. The average Bonchev–Trinajstić information content (AvgIpc) is 3.52. The van der Waals surface area contributed by atoms with Crippen LogP contribution in [0.15, 0.2) is 188 Å². The van der Waals surface area contributed by atoms with Crippen LogP contribution in [0.5, 0.6) is 0 Å². The van der Waals surface area contributed by atoms with Gasteiger partial charge in [-0.2, -0.15) is 0 Å². The van der Waals surface area contributed by atoms with Crippen molar-refractivity contribution in [1.82, 2.24) is 4.57 Å². The first-order valence-corrected chi connectivity index (χ1v) is 16.9. The normalized spacial score (nSPS) is 11.7. The highest BCUT2D eigenvalue weighted by Gasteiger charge is 2.15. The second-order valence-electron chi connectivity index (χ2n) is 13.0. The Bertz CT molecular complexity index is 2860. The van der Waals surface area contributed by atoms with E-state index in [1.54, 1.807) is 0 Å². The lowest BCUT2D eigenvalue weighted by atomic mass is 9.95. The fraction of sp³-hybridized carbons (Fsp3) is 0. The van der Waals surface area contributed by atoms with E-state index in [9.17, 15) is 0 Å². The Kier molecular flexibility index (Phi) is 6.25. The molecule has 1 heteroatoms. The van der Waals surface area contributed by atoms with E-state index >= 15 is 0 Å². The molecule has 49 heavy (non-hydrogen) atoms. The lowest BCUT2D eigenvalue weighted by Crippen LogP contribution is -1.93. The lowest BCUT2D eigenvalue weighted by molar-refractivity contribution is 1.18. The van der Waals surface area contributed by atoms with E-state index in [-0.39, 0.29) is 0 Å². The van der Waals surface area contributed by atoms with Crippen LogP contribution in [0.1, 0.15) is 0 Å². The highest BCUT2D eigenvalue weighted by atomic mass is 15.0. The van der Waals surface area contributed by atoms with Gasteiger partial charge in [-0.25, -0.2) is 0 Å². The predicted octanol–water partition coefficient (Wildman–Crippen LogP) is 13.2. The van der Waals surface area contributed by atoms with Gasteiger partial charge in [-0.3, -0.25) is 0 Å². The van der Waals surface area contributed by atoms with Crippen molar-refractivity contribution in [3.05, 3.63) is 188 Å². The maximum absolute atomic E-state index is 2.41. The SMILES string of the molecule is c1ccc(-c2ccc(-n3c4ccccc4c4c5ccc(-c6ccc7ccc(-c8ccc9ccccc9c8)cc7c6)cc5ccc43)cc2)cc1. The Balaban J connectivity index is 1.06. The van der Waals surface area contributed by atoms with E-state index in [2.05, 4.69) is 193 Å². The van der Waals surface area contributed by atoms with E-state index in [4.69, 9.17) is 0 Å². The topological polar surface area (TPSA) is 4.93 Å². The molecule has 10 aromatic rings. The Morgan fingerprint density at radius 1 is 0.265 bits per heavy atom. The van der Waals surface area contributed by atoms with Gasteiger partial charge < -0.3 is 4.57 Å². The van der Waals surface area contributed by atoms with Gasteiger partial charge in [0.25, 0.3) is 0 Å². The molecule has 0 amide bonds. The molecule has 0 aliphatic carbocycles. The largest absolute Gasteiger partial charge is 0.309 e. The standard InChI is InChI=1S/C48H31N/c1-2-8-32(9-3-1)34-20-24-43(25-21-34)49-46-13-7-6-12-45(46)48-44-26-22-40(29-41(44)23-27-47(48)49)39-19-16-35-15-18-38(30-42(35)31-39)37-17-14-33-10-4-5-11-36(33)28-37/h1-31H. The van der Waals surface area contributed by atoms with Crippen molar-refractivity contribution in [3.8, 4) is 39.1 Å². The minimum absolute atomic E-state index is 1.17. The third-order valence-corrected chi connectivity index (χ3v) is 10.1. The number of hydrogen-bond donors (Lipinski definition) is 0. The number of para-hydroxylation sites is 1. The zero-order valence-corrected chi connectivity index (χ0v) is 26.8. The zero-order chi connectivity index (χ0) is 32.3. The molecule has 10 rings (SSSR count). The summed E-state index contributed by atoms with van der Waals surface area (Å²) in [6.45, 7) is 0. The van der Waals surface area contributed by atoms with Gasteiger partial charge in [0.15, 0.2) is 0 Å². The van der Waals surface area contributed by atoms with Gasteiger partial charge in [0, 0.05) is 16.5 Å². The summed E-state index contributed by atoms with van der Waals surface area (Å²) in [6, 6.07) is 68.8. The van der Waals surface area contributed by atoms with Crippen molar-refractivity contribution in [2.45, 2.75) is 0 Å². The Morgan fingerprint density at radius 2 is 0.776 bits per heavy atom. The van der Waals surface area contributed by atoms with Crippen molar-refractivity contribution in [2.75, 3.05) is 0 Å². The first kappa shape index (κ1) is 27.7. The lowest BCUT2D eigenvalue weighted by Gasteiger charge is -2.11. The molecule has 0 radical (unpaired) electrons. The summed E-state index contributed by atoms with van der Waals surface area (Å²) in [5, 5.41) is 10.1. The summed E-state index contributed by atoms with van der Waals surface area (Å²) in [5.41, 5.74) is 11.0. The minimum atomic E-state index is 1.17. The van der Waals surface area contributed by atoms with Gasteiger partial charge in [-0.1, -0.05) is 140 Å². The van der Waals surface area contributed by atoms with Gasteiger partial charge in [0.1, 0.15) is 0 Å². The third-order valence-electron chi connectivity index (χ3n) is 10.1. The van der Waals surface area contributed by atoms with Crippen molar-refractivity contribution in [1.29, 1.82) is 0 Å². The summed E-state index contributed by atoms with van der Waals surface area (Å²) < 4.78 is 2.41. The summed E-state index contributed by atoms with van der Waals surface area (Å²) in [6.07, 6.45) is 0. The van der Waals surface area contributed by atoms with Crippen molar-refractivity contribution in [3.63, 3.8) is 0 Å². The molecule has 0 bridgehead atoms. The van der Waals surface area contributed by atoms with Crippen LogP contribution in [0.2, 0.25) is 0 Å². The fourth-order valence-corrected chi connectivity index (χ4v) is 7.66. The van der Waals surface area contributed by atoms with Crippen LogP contribution in [-0.2, 0) is 0 Å². The molecule has 0 aliphatic heterocycles. The van der Waals surface area contributed by atoms with Gasteiger partial charge in [-0.05, 0) is 114 Å². The highest BCUT2D eigenvalue weighted by Crippen LogP contribution is 2.39. The molecule has 1 heterocycles. The molecule has 0 spiro atoms. The van der Waals surface area contributed by atoms with Crippen LogP contribution in [-0.4, -0.2) is 4.57 Å². The summed E-state index contributed by atoms with van der Waals surface area (Å²) in [5.74, 6) is 0. The zero-order valence-electron chi connectivity index (χ0n) is 26.8. The molecule has 0 saturated carbocycles. The van der Waals surface area contributed by atoms with Crippen molar-refractivity contribution >= 4 is 54.1 Å². The molecule has 0 atom stereocenters. The van der Waals surface area contributed by atoms with Crippen LogP contribution in [0.3, 0.4) is 0 Å². The molecule has 0 aliphatic rings. The second kappa shape index (κ2) is 11.1. The van der Waals surface area contributed by atoms with Crippen molar-refractivity contribution < 1.29 is 0 Å². The predicted molar refractivity (Wildman–Crippen MR) is 210 cm³/mol. The molecule has 0 saturated heterocycles. The molecule has 228 valence electrons. The van der Waals surface area contributed by atoms with E-state index in [0.29, 0.717) is 0 Å². The Labute approximate surface area is 284 Å². The third kappa shape index (κ3) is 4.63. The fourth-order valence-electron chi connectivity index (χ4n) is 7.66. The van der Waals surface area contributed by atoms with Crippen LogP contribution >= 0.6 is 0 Å². The van der Waals surface area contributed by atoms with Gasteiger partial charge in [0.2, 0.25) is 0 Å². The van der Waals surface area contributed by atoms with Gasteiger partial charge in [0.05, 0.1) is 11.0 Å². The molecular formula is C48H31N. The number of rotatable bonds is 4. The Hall–Kier alpha value is -6.44. The molecule has 0 fully saturated rings. The van der Waals surface area contributed by atoms with Crippen molar-refractivity contribution in [2.24, 2.45) is 0 Å². The average molecular weight is 622 g/mol. The molecule has 1 aromatic heterocycles. The van der Waals surface area contributed by atoms with E-state index in [0.717, 1.165) is 0 Å². The van der Waals surface area contributed by atoms with Crippen LogP contribution < -0.4 is 0 Å². The van der Waals surface area contributed by atoms with Gasteiger partial charge in [-0.15, -0.1) is 0 Å². The summed E-state index contributed by atoms with van der Waals surface area (Å²) in [4.78, 5) is 0. The molecule has 9 aromatic carbocycles. The molecular weight excluding hydrogens is 591 g/mol. The monoisotopic (exact) mass is 621 g/mol. The number of aromatic nitrogens is 1. The first-order chi connectivity index (χ1) is 24.3.